The number of carbonyl (C=O) groups excluding carboxylic acids is 2. The average molecular weight is 386 g/mol. The number of carbonyl (C=O) groups is 2. The molecule has 5 aliphatic rings. The molecule has 0 aromatic heterocycles. The summed E-state index contributed by atoms with van der Waals surface area (Å²) in [6, 6.07) is 5.11. The molecule has 1 amide bonds. The van der Waals surface area contributed by atoms with E-state index >= 15 is 0 Å². The van der Waals surface area contributed by atoms with Crippen LogP contribution in [-0.2, 0) is 24.6 Å². The van der Waals surface area contributed by atoms with Gasteiger partial charge < -0.3 is 14.6 Å². The molecule has 1 aromatic carbocycles. The quantitative estimate of drug-likeness (QED) is 0.819. The molecule has 0 unspecified atom stereocenters. The number of aliphatic hydroxyl groups excluding tert-OH is 1. The zero-order valence-electron chi connectivity index (χ0n) is 15.9. The minimum Gasteiger partial charge on any atom is -0.497 e. The Labute approximate surface area is 162 Å². The molecule has 4 bridgehead atoms. The number of hydrogen-bond acceptors (Lipinski definition) is 7. The first-order chi connectivity index (χ1) is 13.4. The van der Waals surface area contributed by atoms with E-state index in [1.807, 2.05) is 6.07 Å². The number of hydrogen-bond donors (Lipinski definition) is 1. The summed E-state index contributed by atoms with van der Waals surface area (Å²) >= 11 is 0. The van der Waals surface area contributed by atoms with Gasteiger partial charge in [-0.3, -0.25) is 19.4 Å². The molecule has 6 atom stereocenters. The van der Waals surface area contributed by atoms with Gasteiger partial charge in [-0.15, -0.1) is 0 Å². The van der Waals surface area contributed by atoms with E-state index in [1.54, 1.807) is 19.2 Å². The Bertz CT molecular complexity index is 914. The van der Waals surface area contributed by atoms with E-state index in [-0.39, 0.29) is 23.7 Å². The lowest BCUT2D eigenvalue weighted by Gasteiger charge is -2.41. The minimum atomic E-state index is -1.11. The van der Waals surface area contributed by atoms with Crippen LogP contribution in [0.15, 0.2) is 23.2 Å². The first-order valence-electron chi connectivity index (χ1n) is 9.39. The molecule has 4 heterocycles. The zero-order chi connectivity index (χ0) is 19.8. The zero-order valence-corrected chi connectivity index (χ0v) is 15.9. The normalized spacial score (nSPS) is 37.9. The van der Waals surface area contributed by atoms with E-state index in [9.17, 15) is 14.7 Å². The number of hydroxylamine groups is 1. The molecule has 6 rings (SSSR count). The van der Waals surface area contributed by atoms with Crippen LogP contribution in [0.1, 0.15) is 18.9 Å². The van der Waals surface area contributed by atoms with Gasteiger partial charge in [0.25, 0.3) is 5.91 Å². The van der Waals surface area contributed by atoms with Gasteiger partial charge in [-0.2, -0.15) is 5.06 Å². The van der Waals surface area contributed by atoms with Gasteiger partial charge in [0, 0.05) is 24.8 Å². The maximum absolute atomic E-state index is 13.6. The summed E-state index contributed by atoms with van der Waals surface area (Å²) in [5.41, 5.74) is 0.628. The summed E-state index contributed by atoms with van der Waals surface area (Å²) in [5.74, 6) is -0.310. The van der Waals surface area contributed by atoms with Gasteiger partial charge in [-0.1, -0.05) is 6.07 Å². The van der Waals surface area contributed by atoms with Crippen molar-refractivity contribution in [2.24, 2.45) is 16.8 Å². The highest BCUT2D eigenvalue weighted by Crippen LogP contribution is 2.57. The molecule has 4 aliphatic heterocycles. The summed E-state index contributed by atoms with van der Waals surface area (Å²) < 4.78 is 11.4. The molecule has 0 radical (unpaired) electrons. The Morgan fingerprint density at radius 2 is 2.18 bits per heavy atom. The molecule has 8 nitrogen and oxygen atoms in total. The summed E-state index contributed by atoms with van der Waals surface area (Å²) in [6.07, 6.45) is -1.40. The molecule has 8 heteroatoms. The van der Waals surface area contributed by atoms with Crippen molar-refractivity contribution in [3.8, 4) is 5.75 Å². The third-order valence-electron chi connectivity index (χ3n) is 6.75. The number of methoxy groups -OCH3 is 1. The third-order valence-corrected chi connectivity index (χ3v) is 6.75. The van der Waals surface area contributed by atoms with Crippen molar-refractivity contribution in [1.29, 1.82) is 0 Å². The largest absolute Gasteiger partial charge is 0.497 e. The van der Waals surface area contributed by atoms with Crippen LogP contribution in [0.3, 0.4) is 0 Å². The predicted octanol–water partition coefficient (Wildman–Crippen LogP) is 0.649. The number of ether oxygens (including phenoxy) is 2. The van der Waals surface area contributed by atoms with Gasteiger partial charge in [0.05, 0.1) is 44.4 Å². The number of benzene rings is 1. The molecule has 28 heavy (non-hydrogen) atoms. The van der Waals surface area contributed by atoms with Crippen molar-refractivity contribution in [3.63, 3.8) is 0 Å². The SMILES string of the molecule is COc1ccc2c(c1)N(OC)C(=O)[C@@]21C[C@@H]2N=C(C(C)=O)[C@@H]3[C@H](O)[C@H]1OC[C@@H]32. The van der Waals surface area contributed by atoms with E-state index in [1.165, 1.54) is 19.1 Å². The molecular weight excluding hydrogens is 364 g/mol. The van der Waals surface area contributed by atoms with Gasteiger partial charge in [-0.05, 0) is 18.1 Å². The first kappa shape index (κ1) is 17.8. The molecule has 3 fully saturated rings. The van der Waals surface area contributed by atoms with Gasteiger partial charge in [-0.25, -0.2) is 0 Å². The fraction of sp³-hybridized carbons (Fsp3) is 0.550. The van der Waals surface area contributed by atoms with Crippen LogP contribution in [-0.4, -0.2) is 61.6 Å². The molecule has 1 saturated carbocycles. The highest BCUT2D eigenvalue weighted by molar-refractivity contribution is 6.40. The highest BCUT2D eigenvalue weighted by Gasteiger charge is 2.67. The van der Waals surface area contributed by atoms with Crippen LogP contribution in [0.4, 0.5) is 5.69 Å². The van der Waals surface area contributed by atoms with Crippen molar-refractivity contribution < 1.29 is 29.0 Å². The fourth-order valence-electron chi connectivity index (χ4n) is 5.58. The van der Waals surface area contributed by atoms with Crippen molar-refractivity contribution in [1.82, 2.24) is 0 Å². The first-order valence-corrected chi connectivity index (χ1v) is 9.39. The van der Waals surface area contributed by atoms with Gasteiger partial charge in [0.2, 0.25) is 0 Å². The summed E-state index contributed by atoms with van der Waals surface area (Å²) in [6.45, 7) is 1.84. The maximum atomic E-state index is 13.6. The van der Waals surface area contributed by atoms with Crippen molar-refractivity contribution in [3.05, 3.63) is 23.8 Å². The van der Waals surface area contributed by atoms with E-state index in [0.29, 0.717) is 30.2 Å². The van der Waals surface area contributed by atoms with Crippen LogP contribution in [0.5, 0.6) is 5.75 Å². The number of fused-ring (bicyclic) bond motifs is 2. The lowest BCUT2D eigenvalue weighted by molar-refractivity contribution is -0.152. The van der Waals surface area contributed by atoms with E-state index < -0.39 is 23.5 Å². The van der Waals surface area contributed by atoms with E-state index in [0.717, 1.165) is 5.56 Å². The Kier molecular flexibility index (Phi) is 3.72. The number of rotatable bonds is 3. The van der Waals surface area contributed by atoms with Crippen LogP contribution in [0, 0.1) is 11.8 Å². The molecule has 1 N–H and O–H groups in total. The van der Waals surface area contributed by atoms with Crippen LogP contribution >= 0.6 is 0 Å². The molecule has 2 saturated heterocycles. The summed E-state index contributed by atoms with van der Waals surface area (Å²) in [4.78, 5) is 35.7. The number of nitrogens with zero attached hydrogens (tertiary/aromatic N) is 2. The second kappa shape index (κ2) is 5.85. The average Bonchev–Trinajstić information content (AvgIpc) is 3.06. The van der Waals surface area contributed by atoms with Crippen molar-refractivity contribution >= 4 is 23.1 Å². The highest BCUT2D eigenvalue weighted by atomic mass is 16.7. The van der Waals surface area contributed by atoms with Gasteiger partial charge in [0.15, 0.2) is 5.78 Å². The van der Waals surface area contributed by atoms with E-state index in [2.05, 4.69) is 4.99 Å². The van der Waals surface area contributed by atoms with Gasteiger partial charge >= 0.3 is 0 Å². The van der Waals surface area contributed by atoms with Gasteiger partial charge in [0.1, 0.15) is 17.3 Å². The number of anilines is 1. The number of ketones is 1. The Hall–Kier alpha value is -2.29. The number of Topliss-reactive ketones (excluding diaryl/α,β-unsaturated/α-hetero) is 1. The Morgan fingerprint density at radius 3 is 2.86 bits per heavy atom. The predicted molar refractivity (Wildman–Crippen MR) is 98.4 cm³/mol. The second-order valence-corrected chi connectivity index (χ2v) is 7.91. The number of aliphatic hydroxyl groups is 1. The van der Waals surface area contributed by atoms with Crippen LogP contribution in [0.2, 0.25) is 0 Å². The van der Waals surface area contributed by atoms with Crippen molar-refractivity contribution in [2.75, 3.05) is 25.9 Å². The standard InChI is InChI=1S/C20H22N2O6/c1-9(23)16-15-11-8-28-18(17(15)24)20(7-13(11)21-16)12-5-4-10(26-2)6-14(12)22(27-3)19(20)25/h4-6,11,13,15,17-18,24H,7-8H2,1-3H3/t11-,13+,15-,17+,18-,20+/m1/s1. The molecule has 148 valence electrons. The van der Waals surface area contributed by atoms with Crippen molar-refractivity contribution in [2.45, 2.75) is 37.0 Å². The van der Waals surface area contributed by atoms with Crippen LogP contribution < -0.4 is 9.80 Å². The summed E-state index contributed by atoms with van der Waals surface area (Å²) in [5, 5.41) is 12.5. The Balaban J connectivity index is 1.71. The summed E-state index contributed by atoms with van der Waals surface area (Å²) in [7, 11) is 2.99. The molecular formula is C20H22N2O6. The van der Waals surface area contributed by atoms with Crippen LogP contribution in [0.25, 0.3) is 0 Å². The molecule has 1 spiro atoms. The molecule has 1 aliphatic carbocycles. The topological polar surface area (TPSA) is 97.7 Å². The number of amides is 1. The maximum Gasteiger partial charge on any atom is 0.264 e. The fourth-order valence-corrected chi connectivity index (χ4v) is 5.58. The third kappa shape index (κ3) is 1.97. The Morgan fingerprint density at radius 1 is 1.39 bits per heavy atom. The lowest BCUT2D eigenvalue weighted by Crippen LogP contribution is -2.58. The number of aliphatic imine (C=N–C) groups is 1. The monoisotopic (exact) mass is 386 g/mol. The minimum absolute atomic E-state index is 0.101. The second-order valence-electron chi connectivity index (χ2n) is 7.91. The molecule has 1 aromatic rings. The smallest absolute Gasteiger partial charge is 0.264 e. The van der Waals surface area contributed by atoms with E-state index in [4.69, 9.17) is 14.3 Å². The lowest BCUT2D eigenvalue weighted by atomic mass is 9.70.